The molecule has 102 valence electrons. The first kappa shape index (κ1) is 14.9. The van der Waals surface area contributed by atoms with Gasteiger partial charge in [0.05, 0.1) is 12.7 Å². The zero-order chi connectivity index (χ0) is 12.7. The monoisotopic (exact) mass is 243 g/mol. The summed E-state index contributed by atoms with van der Waals surface area (Å²) in [6, 6.07) is 0. The second-order valence-electron chi connectivity index (χ2n) is 5.63. The largest absolute Gasteiger partial charge is 0.394 e. The maximum Gasteiger partial charge on any atom is 0.0614 e. The Labute approximate surface area is 106 Å². The maximum atomic E-state index is 9.50. The standard InChI is InChI=1S/C14H29NO2/c1-4-6-12(2)10-17-13-7-5-8-14(9-13,11-16)15-3/h12-13,15-16H,4-11H2,1-3H3. The lowest BCUT2D eigenvalue weighted by atomic mass is 9.80. The Bertz CT molecular complexity index is 204. The lowest BCUT2D eigenvalue weighted by Gasteiger charge is -2.39. The highest BCUT2D eigenvalue weighted by atomic mass is 16.5. The van der Waals surface area contributed by atoms with Crippen LogP contribution in [0.1, 0.15) is 52.4 Å². The number of rotatable bonds is 7. The maximum absolute atomic E-state index is 9.50. The van der Waals surface area contributed by atoms with Crippen LogP contribution in [0.5, 0.6) is 0 Å². The molecule has 1 aliphatic rings. The van der Waals surface area contributed by atoms with Crippen molar-refractivity contribution in [1.29, 1.82) is 0 Å². The molecule has 0 amide bonds. The number of likely N-dealkylation sites (N-methyl/N-ethyl adjacent to an activating group) is 1. The number of ether oxygens (including phenoxy) is 1. The molecule has 3 heteroatoms. The summed E-state index contributed by atoms with van der Waals surface area (Å²) in [5.74, 6) is 0.653. The molecule has 0 bridgehead atoms. The Balaban J connectivity index is 2.34. The van der Waals surface area contributed by atoms with Crippen LogP contribution in [0.15, 0.2) is 0 Å². The van der Waals surface area contributed by atoms with E-state index in [-0.39, 0.29) is 12.1 Å². The predicted octanol–water partition coefficient (Wildman–Crippen LogP) is 2.33. The molecule has 2 N–H and O–H groups in total. The van der Waals surface area contributed by atoms with E-state index in [0.29, 0.717) is 12.0 Å². The number of hydrogen-bond donors (Lipinski definition) is 2. The first-order valence-electron chi connectivity index (χ1n) is 7.07. The predicted molar refractivity (Wildman–Crippen MR) is 71.2 cm³/mol. The SMILES string of the molecule is CCCC(C)COC1CCCC(CO)(NC)C1. The Kier molecular flexibility index (Phi) is 6.45. The second-order valence-corrected chi connectivity index (χ2v) is 5.63. The molecule has 0 aromatic rings. The summed E-state index contributed by atoms with van der Waals surface area (Å²) in [6.45, 7) is 5.55. The molecule has 1 aliphatic carbocycles. The van der Waals surface area contributed by atoms with Gasteiger partial charge in [-0.25, -0.2) is 0 Å². The highest BCUT2D eigenvalue weighted by Crippen LogP contribution is 2.30. The van der Waals surface area contributed by atoms with Crippen molar-refractivity contribution >= 4 is 0 Å². The fraction of sp³-hybridized carbons (Fsp3) is 1.00. The average Bonchev–Trinajstić information content (AvgIpc) is 2.37. The van der Waals surface area contributed by atoms with Crippen molar-refractivity contribution in [3.05, 3.63) is 0 Å². The van der Waals surface area contributed by atoms with Gasteiger partial charge in [-0.1, -0.05) is 20.3 Å². The van der Waals surface area contributed by atoms with E-state index in [1.165, 1.54) is 12.8 Å². The number of aliphatic hydroxyl groups is 1. The van der Waals surface area contributed by atoms with E-state index >= 15 is 0 Å². The molecule has 1 fully saturated rings. The lowest BCUT2D eigenvalue weighted by molar-refractivity contribution is -0.0260. The van der Waals surface area contributed by atoms with Crippen molar-refractivity contribution in [1.82, 2.24) is 5.32 Å². The molecule has 0 aliphatic heterocycles. The first-order chi connectivity index (χ1) is 8.15. The molecule has 3 nitrogen and oxygen atoms in total. The highest BCUT2D eigenvalue weighted by Gasteiger charge is 2.34. The van der Waals surface area contributed by atoms with Gasteiger partial charge in [0.25, 0.3) is 0 Å². The van der Waals surface area contributed by atoms with Gasteiger partial charge >= 0.3 is 0 Å². The lowest BCUT2D eigenvalue weighted by Crippen LogP contribution is -2.51. The van der Waals surface area contributed by atoms with Gasteiger partial charge in [0.2, 0.25) is 0 Å². The van der Waals surface area contributed by atoms with Crippen molar-refractivity contribution in [3.8, 4) is 0 Å². The summed E-state index contributed by atoms with van der Waals surface area (Å²) in [5, 5.41) is 12.8. The second kappa shape index (κ2) is 7.34. The summed E-state index contributed by atoms with van der Waals surface area (Å²) in [6.07, 6.45) is 7.08. The van der Waals surface area contributed by atoms with Crippen LogP contribution in [-0.2, 0) is 4.74 Å². The van der Waals surface area contributed by atoms with Gasteiger partial charge in [-0.2, -0.15) is 0 Å². The molecule has 3 atom stereocenters. The van der Waals surface area contributed by atoms with E-state index in [1.54, 1.807) is 0 Å². The molecule has 1 saturated carbocycles. The van der Waals surface area contributed by atoms with Gasteiger partial charge in [0.15, 0.2) is 0 Å². The molecule has 0 radical (unpaired) electrons. The van der Waals surface area contributed by atoms with Crippen LogP contribution >= 0.6 is 0 Å². The molecule has 0 aromatic carbocycles. The third-order valence-corrected chi connectivity index (χ3v) is 4.03. The minimum atomic E-state index is -0.100. The van der Waals surface area contributed by atoms with Crippen LogP contribution in [0.25, 0.3) is 0 Å². The number of hydrogen-bond acceptors (Lipinski definition) is 3. The van der Waals surface area contributed by atoms with Gasteiger partial charge in [-0.05, 0) is 45.1 Å². The fourth-order valence-corrected chi connectivity index (χ4v) is 2.78. The molecule has 1 rings (SSSR count). The average molecular weight is 243 g/mol. The van der Waals surface area contributed by atoms with Gasteiger partial charge in [0.1, 0.15) is 0 Å². The van der Waals surface area contributed by atoms with Crippen molar-refractivity contribution < 1.29 is 9.84 Å². The molecule has 3 unspecified atom stereocenters. The molecule has 0 spiro atoms. The summed E-state index contributed by atoms with van der Waals surface area (Å²) in [5.41, 5.74) is -0.100. The van der Waals surface area contributed by atoms with Gasteiger partial charge < -0.3 is 15.2 Å². The fourth-order valence-electron chi connectivity index (χ4n) is 2.78. The third kappa shape index (κ3) is 4.57. The van der Waals surface area contributed by atoms with Gasteiger partial charge in [0, 0.05) is 12.1 Å². The van der Waals surface area contributed by atoms with Crippen molar-refractivity contribution in [2.45, 2.75) is 64.0 Å². The van der Waals surface area contributed by atoms with Gasteiger partial charge in [-0.15, -0.1) is 0 Å². The van der Waals surface area contributed by atoms with E-state index in [1.807, 2.05) is 7.05 Å². The molecule has 17 heavy (non-hydrogen) atoms. The Morgan fingerprint density at radius 1 is 1.53 bits per heavy atom. The van der Waals surface area contributed by atoms with Gasteiger partial charge in [-0.3, -0.25) is 0 Å². The summed E-state index contributed by atoms with van der Waals surface area (Å²) < 4.78 is 6.01. The van der Waals surface area contributed by atoms with E-state index in [9.17, 15) is 5.11 Å². The van der Waals surface area contributed by atoms with Crippen molar-refractivity contribution in [2.75, 3.05) is 20.3 Å². The smallest absolute Gasteiger partial charge is 0.0614 e. The number of nitrogens with one attached hydrogen (secondary N) is 1. The minimum Gasteiger partial charge on any atom is -0.394 e. The van der Waals surface area contributed by atoms with Crippen LogP contribution in [0, 0.1) is 5.92 Å². The van der Waals surface area contributed by atoms with Crippen molar-refractivity contribution in [2.24, 2.45) is 5.92 Å². The molecule has 0 aromatic heterocycles. The Morgan fingerprint density at radius 2 is 2.29 bits per heavy atom. The summed E-state index contributed by atoms with van der Waals surface area (Å²) in [7, 11) is 1.94. The summed E-state index contributed by atoms with van der Waals surface area (Å²) in [4.78, 5) is 0. The summed E-state index contributed by atoms with van der Waals surface area (Å²) >= 11 is 0. The minimum absolute atomic E-state index is 0.100. The van der Waals surface area contributed by atoms with E-state index in [0.717, 1.165) is 32.3 Å². The molecule has 0 saturated heterocycles. The van der Waals surface area contributed by atoms with Crippen LogP contribution in [0.4, 0.5) is 0 Å². The quantitative estimate of drug-likeness (QED) is 0.721. The zero-order valence-electron chi connectivity index (χ0n) is 11.7. The molecular weight excluding hydrogens is 214 g/mol. The Hall–Kier alpha value is -0.120. The Morgan fingerprint density at radius 3 is 2.88 bits per heavy atom. The molecule has 0 heterocycles. The first-order valence-corrected chi connectivity index (χ1v) is 7.07. The van der Waals surface area contributed by atoms with Crippen LogP contribution < -0.4 is 5.32 Å². The normalized spacial score (nSPS) is 31.4. The van der Waals surface area contributed by atoms with Crippen LogP contribution in [-0.4, -0.2) is 37.0 Å². The van der Waals surface area contributed by atoms with Crippen molar-refractivity contribution in [3.63, 3.8) is 0 Å². The molecular formula is C14H29NO2. The number of aliphatic hydroxyl groups excluding tert-OH is 1. The topological polar surface area (TPSA) is 41.5 Å². The van der Waals surface area contributed by atoms with E-state index in [2.05, 4.69) is 19.2 Å². The zero-order valence-corrected chi connectivity index (χ0v) is 11.7. The highest BCUT2D eigenvalue weighted by molar-refractivity contribution is 4.92. The van der Waals surface area contributed by atoms with E-state index in [4.69, 9.17) is 4.74 Å². The van der Waals surface area contributed by atoms with E-state index < -0.39 is 0 Å². The van der Waals surface area contributed by atoms with Crippen LogP contribution in [0.3, 0.4) is 0 Å². The van der Waals surface area contributed by atoms with Crippen LogP contribution in [0.2, 0.25) is 0 Å². The third-order valence-electron chi connectivity index (χ3n) is 4.03.